The Morgan fingerprint density at radius 2 is 1.78 bits per heavy atom. The van der Waals surface area contributed by atoms with Crippen LogP contribution in [0.2, 0.25) is 0 Å². The Morgan fingerprint density at radius 1 is 1.17 bits per heavy atom. The molecule has 1 amide bonds. The molecule has 0 heterocycles. The lowest BCUT2D eigenvalue weighted by molar-refractivity contribution is 0.0696. The lowest BCUT2D eigenvalue weighted by Gasteiger charge is -2.05. The van der Waals surface area contributed by atoms with Gasteiger partial charge >= 0.3 is 5.97 Å². The van der Waals surface area contributed by atoms with Gasteiger partial charge in [0.2, 0.25) is 0 Å². The zero-order chi connectivity index (χ0) is 13.4. The summed E-state index contributed by atoms with van der Waals surface area (Å²) in [7, 11) is 0. The van der Waals surface area contributed by atoms with Crippen molar-refractivity contribution >= 4 is 23.6 Å². The highest BCUT2D eigenvalue weighted by atomic mass is 32.2. The number of unbranched alkanes of at least 4 members (excludes halogenated alkanes) is 1. The molecule has 0 saturated heterocycles. The van der Waals surface area contributed by atoms with Crippen LogP contribution in [0.5, 0.6) is 0 Å². The molecular formula is C13H17NO3S. The number of rotatable bonds is 7. The number of carbonyl (C=O) groups excluding carboxylic acids is 1. The van der Waals surface area contributed by atoms with E-state index in [-0.39, 0.29) is 11.5 Å². The Hall–Kier alpha value is -1.49. The fraction of sp³-hybridized carbons (Fsp3) is 0.385. The molecule has 0 aliphatic heterocycles. The summed E-state index contributed by atoms with van der Waals surface area (Å²) in [5, 5.41) is 11.5. The molecule has 0 atom stereocenters. The maximum absolute atomic E-state index is 11.7. The molecule has 5 heteroatoms. The second-order valence-corrected chi connectivity index (χ2v) is 4.82. The van der Waals surface area contributed by atoms with E-state index in [0.29, 0.717) is 12.1 Å². The number of thioether (sulfide) groups is 1. The van der Waals surface area contributed by atoms with Crippen molar-refractivity contribution in [2.24, 2.45) is 0 Å². The quantitative estimate of drug-likeness (QED) is 0.744. The van der Waals surface area contributed by atoms with Gasteiger partial charge < -0.3 is 10.4 Å². The lowest BCUT2D eigenvalue weighted by atomic mass is 10.1. The second-order valence-electron chi connectivity index (χ2n) is 3.84. The van der Waals surface area contributed by atoms with Crippen molar-refractivity contribution in [3.63, 3.8) is 0 Å². The molecule has 0 unspecified atom stereocenters. The number of benzene rings is 1. The van der Waals surface area contributed by atoms with Gasteiger partial charge in [0.15, 0.2) is 0 Å². The minimum atomic E-state index is -0.987. The van der Waals surface area contributed by atoms with E-state index in [1.165, 1.54) is 24.3 Å². The van der Waals surface area contributed by atoms with Crippen LogP contribution in [0, 0.1) is 0 Å². The molecule has 0 bridgehead atoms. The third-order valence-corrected chi connectivity index (χ3v) is 3.15. The van der Waals surface area contributed by atoms with Crippen LogP contribution in [0.1, 0.15) is 33.6 Å². The van der Waals surface area contributed by atoms with Crippen LogP contribution in [-0.4, -0.2) is 35.5 Å². The number of carboxylic acids is 1. The molecular weight excluding hydrogens is 250 g/mol. The first-order valence-electron chi connectivity index (χ1n) is 5.75. The van der Waals surface area contributed by atoms with E-state index in [0.717, 1.165) is 18.6 Å². The Kier molecular flexibility index (Phi) is 6.28. The van der Waals surface area contributed by atoms with Crippen LogP contribution >= 0.6 is 11.8 Å². The van der Waals surface area contributed by atoms with Crippen molar-refractivity contribution in [1.82, 2.24) is 5.32 Å². The van der Waals surface area contributed by atoms with Gasteiger partial charge in [0, 0.05) is 12.1 Å². The number of carboxylic acid groups (broad SMARTS) is 1. The van der Waals surface area contributed by atoms with Crippen LogP contribution in [0.15, 0.2) is 24.3 Å². The highest BCUT2D eigenvalue weighted by Crippen LogP contribution is 2.04. The van der Waals surface area contributed by atoms with Crippen molar-refractivity contribution in [3.8, 4) is 0 Å². The van der Waals surface area contributed by atoms with Gasteiger partial charge in [-0.2, -0.15) is 11.8 Å². The summed E-state index contributed by atoms with van der Waals surface area (Å²) in [6.45, 7) is 0.653. The number of amides is 1. The minimum absolute atomic E-state index is 0.156. The van der Waals surface area contributed by atoms with Gasteiger partial charge in [0.1, 0.15) is 0 Å². The molecule has 4 nitrogen and oxygen atoms in total. The fourth-order valence-corrected chi connectivity index (χ4v) is 1.93. The predicted octanol–water partition coefficient (Wildman–Crippen LogP) is 2.26. The minimum Gasteiger partial charge on any atom is -0.478 e. The summed E-state index contributed by atoms with van der Waals surface area (Å²) in [6, 6.07) is 5.93. The predicted molar refractivity (Wildman–Crippen MR) is 73.4 cm³/mol. The Labute approximate surface area is 111 Å². The molecule has 1 rings (SSSR count). The van der Waals surface area contributed by atoms with Gasteiger partial charge in [0.25, 0.3) is 5.91 Å². The van der Waals surface area contributed by atoms with Gasteiger partial charge in [-0.3, -0.25) is 4.79 Å². The average Bonchev–Trinajstić information content (AvgIpc) is 2.38. The summed E-state index contributed by atoms with van der Waals surface area (Å²) in [5.74, 6) is -0.0430. The molecule has 0 aliphatic rings. The van der Waals surface area contributed by atoms with Gasteiger partial charge in [0.05, 0.1) is 5.56 Å². The highest BCUT2D eigenvalue weighted by molar-refractivity contribution is 7.98. The summed E-state index contributed by atoms with van der Waals surface area (Å²) in [5.41, 5.74) is 0.677. The molecule has 1 aromatic carbocycles. The Morgan fingerprint density at radius 3 is 2.33 bits per heavy atom. The molecule has 2 N–H and O–H groups in total. The Bertz CT molecular complexity index is 403. The van der Waals surface area contributed by atoms with Crippen molar-refractivity contribution in [2.45, 2.75) is 12.8 Å². The molecule has 0 spiro atoms. The molecule has 0 aliphatic carbocycles. The second kappa shape index (κ2) is 7.76. The first-order chi connectivity index (χ1) is 8.65. The average molecular weight is 267 g/mol. The number of hydrogen-bond acceptors (Lipinski definition) is 3. The zero-order valence-corrected chi connectivity index (χ0v) is 11.1. The number of hydrogen-bond donors (Lipinski definition) is 2. The monoisotopic (exact) mass is 267 g/mol. The molecule has 0 fully saturated rings. The third-order valence-electron chi connectivity index (χ3n) is 2.45. The fourth-order valence-electron chi connectivity index (χ4n) is 1.44. The van der Waals surface area contributed by atoms with Crippen LogP contribution in [0.4, 0.5) is 0 Å². The zero-order valence-electron chi connectivity index (χ0n) is 10.3. The Balaban J connectivity index is 2.39. The van der Waals surface area contributed by atoms with E-state index in [1.807, 2.05) is 0 Å². The van der Waals surface area contributed by atoms with Crippen LogP contribution in [0.3, 0.4) is 0 Å². The SMILES string of the molecule is CSCCCCNC(=O)c1ccc(C(=O)O)cc1. The third kappa shape index (κ3) is 4.79. The molecule has 1 aromatic rings. The largest absolute Gasteiger partial charge is 0.478 e. The van der Waals surface area contributed by atoms with Crippen molar-refractivity contribution in [1.29, 1.82) is 0 Å². The number of carbonyl (C=O) groups is 2. The standard InChI is InChI=1S/C13H17NO3S/c1-18-9-3-2-8-14-12(15)10-4-6-11(7-5-10)13(16)17/h4-7H,2-3,8-9H2,1H3,(H,14,15)(H,16,17). The summed E-state index contributed by atoms with van der Waals surface area (Å²) >= 11 is 1.79. The maximum atomic E-state index is 11.7. The topological polar surface area (TPSA) is 66.4 Å². The van der Waals surface area contributed by atoms with Gasteiger partial charge in [-0.15, -0.1) is 0 Å². The van der Waals surface area contributed by atoms with E-state index < -0.39 is 5.97 Å². The number of aromatic carboxylic acids is 1. The van der Waals surface area contributed by atoms with Crippen molar-refractivity contribution in [2.75, 3.05) is 18.6 Å². The molecule has 18 heavy (non-hydrogen) atoms. The summed E-state index contributed by atoms with van der Waals surface area (Å²) in [6.07, 6.45) is 4.10. The lowest BCUT2D eigenvalue weighted by Crippen LogP contribution is -2.24. The summed E-state index contributed by atoms with van der Waals surface area (Å²) in [4.78, 5) is 22.3. The van der Waals surface area contributed by atoms with E-state index in [9.17, 15) is 9.59 Å². The summed E-state index contributed by atoms with van der Waals surface area (Å²) < 4.78 is 0. The molecule has 98 valence electrons. The molecule has 0 aromatic heterocycles. The maximum Gasteiger partial charge on any atom is 0.335 e. The van der Waals surface area contributed by atoms with Gasteiger partial charge in [-0.1, -0.05) is 0 Å². The van der Waals surface area contributed by atoms with Crippen molar-refractivity contribution in [3.05, 3.63) is 35.4 Å². The van der Waals surface area contributed by atoms with Crippen molar-refractivity contribution < 1.29 is 14.7 Å². The number of nitrogens with one attached hydrogen (secondary N) is 1. The molecule has 0 saturated carbocycles. The van der Waals surface area contributed by atoms with Gasteiger partial charge in [-0.05, 0) is 49.1 Å². The van der Waals surface area contributed by atoms with Crippen LogP contribution < -0.4 is 5.32 Å². The first kappa shape index (κ1) is 14.6. The van der Waals surface area contributed by atoms with E-state index in [1.54, 1.807) is 11.8 Å². The van der Waals surface area contributed by atoms with E-state index >= 15 is 0 Å². The highest BCUT2D eigenvalue weighted by Gasteiger charge is 2.06. The first-order valence-corrected chi connectivity index (χ1v) is 7.15. The molecule has 0 radical (unpaired) electrons. The van der Waals surface area contributed by atoms with Crippen LogP contribution in [0.25, 0.3) is 0 Å². The van der Waals surface area contributed by atoms with E-state index in [2.05, 4.69) is 11.6 Å². The van der Waals surface area contributed by atoms with Crippen LogP contribution in [-0.2, 0) is 0 Å². The normalized spacial score (nSPS) is 10.1. The smallest absolute Gasteiger partial charge is 0.335 e. The van der Waals surface area contributed by atoms with E-state index in [4.69, 9.17) is 5.11 Å². The van der Waals surface area contributed by atoms with Gasteiger partial charge in [-0.25, -0.2) is 4.79 Å².